The second kappa shape index (κ2) is 9.49. The van der Waals surface area contributed by atoms with Gasteiger partial charge in [-0.1, -0.05) is 52.9 Å². The number of nitrogens with zero attached hydrogens (tertiary/aromatic N) is 3. The number of para-hydroxylation sites is 2. The topological polar surface area (TPSA) is 84.4 Å². The predicted molar refractivity (Wildman–Crippen MR) is 123 cm³/mol. The van der Waals surface area contributed by atoms with E-state index < -0.39 is 0 Å². The van der Waals surface area contributed by atoms with Crippen molar-refractivity contribution in [3.05, 3.63) is 54.1 Å². The molecule has 1 aliphatic rings. The van der Waals surface area contributed by atoms with Gasteiger partial charge in [0, 0.05) is 13.0 Å². The van der Waals surface area contributed by atoms with E-state index in [0.29, 0.717) is 26.7 Å². The van der Waals surface area contributed by atoms with E-state index >= 15 is 0 Å². The van der Waals surface area contributed by atoms with Gasteiger partial charge in [0.2, 0.25) is 16.9 Å². The van der Waals surface area contributed by atoms with Gasteiger partial charge in [-0.15, -0.1) is 10.2 Å². The summed E-state index contributed by atoms with van der Waals surface area (Å²) in [5.41, 5.74) is 1.75. The van der Waals surface area contributed by atoms with E-state index in [2.05, 4.69) is 15.5 Å². The largest absolute Gasteiger partial charge is 0.455 e. The molecule has 1 aliphatic carbocycles. The van der Waals surface area contributed by atoms with Crippen molar-refractivity contribution >= 4 is 45.7 Å². The van der Waals surface area contributed by atoms with Gasteiger partial charge in [-0.2, -0.15) is 0 Å². The lowest BCUT2D eigenvalue weighted by Crippen LogP contribution is -2.30. The molecule has 9 heteroatoms. The second-order valence-electron chi connectivity index (χ2n) is 7.22. The van der Waals surface area contributed by atoms with Gasteiger partial charge in [-0.3, -0.25) is 14.5 Å². The normalized spacial score (nSPS) is 13.0. The molecule has 0 atom stereocenters. The Bertz CT molecular complexity index is 1080. The Morgan fingerprint density at radius 2 is 1.90 bits per heavy atom. The highest BCUT2D eigenvalue weighted by molar-refractivity contribution is 8.01. The van der Waals surface area contributed by atoms with Gasteiger partial charge in [-0.25, -0.2) is 0 Å². The monoisotopic (exact) mass is 454 g/mol. The van der Waals surface area contributed by atoms with Crippen LogP contribution in [0.15, 0.2) is 52.9 Å². The molecule has 3 aromatic rings. The fourth-order valence-electron chi connectivity index (χ4n) is 2.94. The number of aromatic nitrogens is 2. The molecule has 1 N–H and O–H groups in total. The first-order valence-electron chi connectivity index (χ1n) is 9.89. The van der Waals surface area contributed by atoms with E-state index in [1.807, 2.05) is 49.4 Å². The number of hydrogen-bond donors (Lipinski definition) is 1. The molecule has 160 valence electrons. The first-order valence-corrected chi connectivity index (χ1v) is 11.7. The van der Waals surface area contributed by atoms with Crippen LogP contribution in [0.2, 0.25) is 0 Å². The fourth-order valence-corrected chi connectivity index (χ4v) is 4.70. The van der Waals surface area contributed by atoms with Crippen molar-refractivity contribution in [2.45, 2.75) is 37.1 Å². The lowest BCUT2D eigenvalue weighted by molar-refractivity contribution is -0.116. The first kappa shape index (κ1) is 21.3. The van der Waals surface area contributed by atoms with Gasteiger partial charge >= 0.3 is 0 Å². The van der Waals surface area contributed by atoms with Crippen LogP contribution in [0.4, 0.5) is 10.8 Å². The van der Waals surface area contributed by atoms with Gasteiger partial charge in [0.05, 0.1) is 11.4 Å². The van der Waals surface area contributed by atoms with Gasteiger partial charge < -0.3 is 10.1 Å². The molecule has 7 nitrogen and oxygen atoms in total. The zero-order chi connectivity index (χ0) is 21.8. The van der Waals surface area contributed by atoms with Gasteiger partial charge in [-0.05, 0) is 44.0 Å². The van der Waals surface area contributed by atoms with Crippen LogP contribution in [0.5, 0.6) is 11.5 Å². The average Bonchev–Trinajstić information content (AvgIpc) is 3.46. The molecule has 31 heavy (non-hydrogen) atoms. The van der Waals surface area contributed by atoms with E-state index in [1.54, 1.807) is 11.0 Å². The minimum atomic E-state index is -0.174. The number of aryl methyl sites for hydroxylation is 1. The van der Waals surface area contributed by atoms with E-state index in [-0.39, 0.29) is 23.6 Å². The molecule has 0 aliphatic heterocycles. The SMILES string of the molecule is CC(=O)N(c1nnc(SCC(=O)Nc2ccccc2Oc2ccc(C)cc2)s1)C1CC1. The number of ether oxygens (including phenoxy) is 1. The van der Waals surface area contributed by atoms with Crippen LogP contribution >= 0.6 is 23.1 Å². The molecule has 0 radical (unpaired) electrons. The lowest BCUT2D eigenvalue weighted by Gasteiger charge is -2.15. The molecule has 2 amide bonds. The van der Waals surface area contributed by atoms with E-state index in [0.717, 1.165) is 18.4 Å². The Labute approximate surface area is 188 Å². The third-order valence-electron chi connectivity index (χ3n) is 4.59. The van der Waals surface area contributed by atoms with Crippen LogP contribution in [0.1, 0.15) is 25.3 Å². The molecular formula is C22H22N4O3S2. The Balaban J connectivity index is 1.35. The molecular weight excluding hydrogens is 432 g/mol. The minimum Gasteiger partial charge on any atom is -0.455 e. The highest BCUT2D eigenvalue weighted by atomic mass is 32.2. The summed E-state index contributed by atoms with van der Waals surface area (Å²) in [5.74, 6) is 1.25. The molecule has 0 saturated heterocycles. The maximum atomic E-state index is 12.5. The van der Waals surface area contributed by atoms with Crippen LogP contribution in [0, 0.1) is 6.92 Å². The standard InChI is InChI=1S/C22H22N4O3S2/c1-14-7-11-17(12-8-14)29-19-6-4-3-5-18(19)23-20(28)13-30-22-25-24-21(31-22)26(15(2)27)16-9-10-16/h3-8,11-12,16H,9-10,13H2,1-2H3,(H,23,28). The number of hydrogen-bond acceptors (Lipinski definition) is 7. The maximum Gasteiger partial charge on any atom is 0.234 e. The number of anilines is 2. The number of carbonyl (C=O) groups excluding carboxylic acids is 2. The highest BCUT2D eigenvalue weighted by Gasteiger charge is 2.34. The molecule has 1 aromatic heterocycles. The number of amides is 2. The van der Waals surface area contributed by atoms with Gasteiger partial charge in [0.15, 0.2) is 10.1 Å². The van der Waals surface area contributed by atoms with Crippen LogP contribution in [0.25, 0.3) is 0 Å². The fraction of sp³-hybridized carbons (Fsp3) is 0.273. The van der Waals surface area contributed by atoms with Crippen molar-refractivity contribution in [2.24, 2.45) is 0 Å². The van der Waals surface area contributed by atoms with Crippen LogP contribution in [-0.2, 0) is 9.59 Å². The number of nitrogens with one attached hydrogen (secondary N) is 1. The number of carbonyl (C=O) groups is 2. The van der Waals surface area contributed by atoms with Crippen LogP contribution in [0.3, 0.4) is 0 Å². The Hall–Kier alpha value is -2.91. The van der Waals surface area contributed by atoms with Crippen molar-refractivity contribution in [3.63, 3.8) is 0 Å². The van der Waals surface area contributed by atoms with Crippen molar-refractivity contribution in [1.29, 1.82) is 0 Å². The maximum absolute atomic E-state index is 12.5. The van der Waals surface area contributed by atoms with Gasteiger partial charge in [0.1, 0.15) is 5.75 Å². The third kappa shape index (κ3) is 5.62. The number of rotatable bonds is 8. The Kier molecular flexibility index (Phi) is 6.53. The zero-order valence-electron chi connectivity index (χ0n) is 17.2. The summed E-state index contributed by atoms with van der Waals surface area (Å²) in [7, 11) is 0. The summed E-state index contributed by atoms with van der Waals surface area (Å²) < 4.78 is 6.58. The molecule has 4 rings (SSSR count). The lowest BCUT2D eigenvalue weighted by atomic mass is 10.2. The van der Waals surface area contributed by atoms with Crippen molar-refractivity contribution in [2.75, 3.05) is 16.0 Å². The predicted octanol–water partition coefficient (Wildman–Crippen LogP) is 4.88. The molecule has 0 bridgehead atoms. The van der Waals surface area contributed by atoms with E-state index in [1.165, 1.54) is 30.0 Å². The highest BCUT2D eigenvalue weighted by Crippen LogP contribution is 2.36. The molecule has 1 fully saturated rings. The zero-order valence-corrected chi connectivity index (χ0v) is 18.8. The Morgan fingerprint density at radius 1 is 1.16 bits per heavy atom. The van der Waals surface area contributed by atoms with Crippen molar-refractivity contribution < 1.29 is 14.3 Å². The van der Waals surface area contributed by atoms with E-state index in [4.69, 9.17) is 4.74 Å². The van der Waals surface area contributed by atoms with Crippen molar-refractivity contribution in [3.8, 4) is 11.5 Å². The summed E-state index contributed by atoms with van der Waals surface area (Å²) in [6.45, 7) is 3.55. The number of benzene rings is 2. The number of thioether (sulfide) groups is 1. The van der Waals surface area contributed by atoms with Crippen molar-refractivity contribution in [1.82, 2.24) is 10.2 Å². The summed E-state index contributed by atoms with van der Waals surface area (Å²) >= 11 is 2.63. The minimum absolute atomic E-state index is 0.0295. The summed E-state index contributed by atoms with van der Waals surface area (Å²) in [6.07, 6.45) is 1.99. The summed E-state index contributed by atoms with van der Waals surface area (Å²) in [6, 6.07) is 15.3. The smallest absolute Gasteiger partial charge is 0.234 e. The average molecular weight is 455 g/mol. The van der Waals surface area contributed by atoms with Gasteiger partial charge in [0.25, 0.3) is 0 Å². The van der Waals surface area contributed by atoms with Crippen LogP contribution < -0.4 is 15.0 Å². The Morgan fingerprint density at radius 3 is 2.61 bits per heavy atom. The summed E-state index contributed by atoms with van der Waals surface area (Å²) in [4.78, 5) is 26.1. The molecule has 1 saturated carbocycles. The first-order chi connectivity index (χ1) is 15.0. The molecule has 1 heterocycles. The molecule has 2 aromatic carbocycles. The quantitative estimate of drug-likeness (QED) is 0.386. The van der Waals surface area contributed by atoms with Crippen LogP contribution in [-0.4, -0.2) is 33.8 Å². The second-order valence-corrected chi connectivity index (χ2v) is 9.40. The molecule has 0 spiro atoms. The summed E-state index contributed by atoms with van der Waals surface area (Å²) in [5, 5.41) is 11.7. The third-order valence-corrected chi connectivity index (χ3v) is 6.65. The van der Waals surface area contributed by atoms with E-state index in [9.17, 15) is 9.59 Å². The molecule has 0 unspecified atom stereocenters.